The molecule has 1 heterocycles. The van der Waals surface area contributed by atoms with Crippen LogP contribution in [0.3, 0.4) is 0 Å². The first-order valence-electron chi connectivity index (χ1n) is 7.24. The van der Waals surface area contributed by atoms with Gasteiger partial charge in [0.25, 0.3) is 0 Å². The highest BCUT2D eigenvalue weighted by Gasteiger charge is 2.09. The minimum absolute atomic E-state index is 0.669. The van der Waals surface area contributed by atoms with E-state index in [1.165, 1.54) is 0 Å². The van der Waals surface area contributed by atoms with Crippen molar-refractivity contribution in [3.63, 3.8) is 0 Å². The summed E-state index contributed by atoms with van der Waals surface area (Å²) in [7, 11) is 1.80. The summed E-state index contributed by atoms with van der Waals surface area (Å²) in [4.78, 5) is 16.1. The fraction of sp³-hybridized carbons (Fsp3) is 0.533. The van der Waals surface area contributed by atoms with Crippen LogP contribution in [0, 0.1) is 6.92 Å². The molecule has 0 spiro atoms. The fourth-order valence-electron chi connectivity index (χ4n) is 1.94. The van der Waals surface area contributed by atoms with Crippen molar-refractivity contribution in [1.29, 1.82) is 0 Å². The van der Waals surface area contributed by atoms with Gasteiger partial charge in [0.1, 0.15) is 11.7 Å². The van der Waals surface area contributed by atoms with Gasteiger partial charge in [0.2, 0.25) is 0 Å². The summed E-state index contributed by atoms with van der Waals surface area (Å²) >= 11 is 1.59. The third kappa shape index (κ3) is 5.67. The second-order valence-electron chi connectivity index (χ2n) is 4.66. The van der Waals surface area contributed by atoms with Gasteiger partial charge < -0.3 is 10.2 Å². The number of aryl methyl sites for hydroxylation is 1. The van der Waals surface area contributed by atoms with Gasteiger partial charge in [-0.3, -0.25) is 4.99 Å². The molecule has 0 bridgehead atoms. The molecule has 0 atom stereocenters. The number of rotatable bonds is 8. The molecule has 0 aromatic carbocycles. The summed E-state index contributed by atoms with van der Waals surface area (Å²) in [6, 6.07) is 0. The highest BCUT2D eigenvalue weighted by Crippen LogP contribution is 2.18. The predicted molar refractivity (Wildman–Crippen MR) is 93.6 cm³/mol. The molecule has 1 N–H and O–H groups in total. The van der Waals surface area contributed by atoms with Crippen LogP contribution in [0.1, 0.15) is 31.6 Å². The number of amidine groups is 1. The van der Waals surface area contributed by atoms with Crippen LogP contribution >= 0.6 is 11.3 Å². The molecule has 1 aromatic heterocycles. The maximum Gasteiger partial charge on any atom is 0.188 e. The molecule has 0 amide bonds. The van der Waals surface area contributed by atoms with E-state index in [1.807, 2.05) is 19.2 Å². The lowest BCUT2D eigenvalue weighted by atomic mass is 10.3. The minimum Gasteiger partial charge on any atom is -0.357 e. The normalized spacial score (nSPS) is 12.4. The van der Waals surface area contributed by atoms with E-state index in [-0.39, 0.29) is 0 Å². The Kier molecular flexibility index (Phi) is 7.68. The van der Waals surface area contributed by atoms with Crippen LogP contribution in [-0.2, 0) is 0 Å². The Hall–Kier alpha value is -1.69. The van der Waals surface area contributed by atoms with Crippen molar-refractivity contribution in [1.82, 2.24) is 9.88 Å². The van der Waals surface area contributed by atoms with Crippen LogP contribution in [-0.4, -0.2) is 42.6 Å². The number of aromatic nitrogens is 1. The molecule has 1 aromatic rings. The molecule has 0 aliphatic rings. The second-order valence-corrected chi connectivity index (χ2v) is 5.89. The van der Waals surface area contributed by atoms with Crippen molar-refractivity contribution in [2.45, 2.75) is 33.6 Å². The molecular weight excluding hydrogens is 282 g/mol. The summed E-state index contributed by atoms with van der Waals surface area (Å²) in [6.07, 6.45) is 5.93. The number of anilines is 1. The van der Waals surface area contributed by atoms with Crippen molar-refractivity contribution in [3.05, 3.63) is 23.0 Å². The summed E-state index contributed by atoms with van der Waals surface area (Å²) < 4.78 is 0. The monoisotopic (exact) mass is 307 g/mol. The van der Waals surface area contributed by atoms with E-state index in [2.05, 4.69) is 45.8 Å². The first kappa shape index (κ1) is 17.4. The lowest BCUT2D eigenvalue weighted by Gasteiger charge is -2.23. The smallest absolute Gasteiger partial charge is 0.188 e. The Labute approximate surface area is 131 Å². The molecule has 0 aliphatic carbocycles. The summed E-state index contributed by atoms with van der Waals surface area (Å²) in [5, 5.41) is 4.00. The lowest BCUT2D eigenvalue weighted by Crippen LogP contribution is -2.31. The van der Waals surface area contributed by atoms with Gasteiger partial charge in [0.05, 0.1) is 0 Å². The highest BCUT2D eigenvalue weighted by atomic mass is 32.1. The number of nitrogens with one attached hydrogen (secondary N) is 1. The Balaban J connectivity index is 2.88. The van der Waals surface area contributed by atoms with Crippen molar-refractivity contribution in [2.75, 3.05) is 25.5 Å². The van der Waals surface area contributed by atoms with Gasteiger partial charge in [-0.2, -0.15) is 0 Å². The third-order valence-electron chi connectivity index (χ3n) is 2.83. The molecule has 0 aliphatic heterocycles. The standard InChI is InChI=1S/C15H25N5S/c1-6-8-20(9-7-2)14(17-5)10-13(16-4)19-15-18-11-12(3)21-15/h10-11H,4,6-9H2,1-3,5H3,(H,18,19)/b13-10+,17-14?. The molecule has 0 saturated heterocycles. The van der Waals surface area contributed by atoms with Crippen LogP contribution in [0.4, 0.5) is 5.13 Å². The van der Waals surface area contributed by atoms with Gasteiger partial charge in [-0.05, 0) is 26.5 Å². The van der Waals surface area contributed by atoms with Crippen LogP contribution in [0.25, 0.3) is 0 Å². The molecule has 0 saturated carbocycles. The molecule has 1 rings (SSSR count). The molecule has 0 unspecified atom stereocenters. The lowest BCUT2D eigenvalue weighted by molar-refractivity contribution is 0.418. The number of nitrogens with zero attached hydrogens (tertiary/aromatic N) is 4. The van der Waals surface area contributed by atoms with E-state index in [0.717, 1.165) is 41.8 Å². The molecule has 5 nitrogen and oxygen atoms in total. The molecule has 0 fully saturated rings. The predicted octanol–water partition coefficient (Wildman–Crippen LogP) is 3.56. The van der Waals surface area contributed by atoms with E-state index in [0.29, 0.717) is 5.82 Å². The van der Waals surface area contributed by atoms with Crippen molar-refractivity contribution >= 4 is 29.0 Å². The largest absolute Gasteiger partial charge is 0.357 e. The average molecular weight is 307 g/mol. The van der Waals surface area contributed by atoms with Gasteiger partial charge in [-0.25, -0.2) is 9.98 Å². The van der Waals surface area contributed by atoms with Gasteiger partial charge in [-0.15, -0.1) is 11.3 Å². The topological polar surface area (TPSA) is 52.9 Å². The molecule has 6 heteroatoms. The Morgan fingerprint density at radius 2 is 2.10 bits per heavy atom. The Morgan fingerprint density at radius 1 is 1.43 bits per heavy atom. The zero-order valence-corrected chi connectivity index (χ0v) is 14.2. The van der Waals surface area contributed by atoms with Crippen LogP contribution in [0.15, 0.2) is 28.1 Å². The average Bonchev–Trinajstić information content (AvgIpc) is 2.88. The van der Waals surface area contributed by atoms with Gasteiger partial charge in [0.15, 0.2) is 5.13 Å². The number of hydrogen-bond acceptors (Lipinski definition) is 5. The Bertz CT molecular complexity index is 498. The number of hydrogen-bond donors (Lipinski definition) is 1. The number of thiazole rings is 1. The third-order valence-corrected chi connectivity index (χ3v) is 3.66. The number of aliphatic imine (C=N–C) groups is 2. The van der Waals surface area contributed by atoms with Crippen molar-refractivity contribution < 1.29 is 0 Å². The highest BCUT2D eigenvalue weighted by molar-refractivity contribution is 7.15. The Morgan fingerprint density at radius 3 is 2.52 bits per heavy atom. The fourth-order valence-corrected chi connectivity index (χ4v) is 2.62. The summed E-state index contributed by atoms with van der Waals surface area (Å²) in [5.74, 6) is 1.59. The van der Waals surface area contributed by atoms with E-state index in [1.54, 1.807) is 18.4 Å². The van der Waals surface area contributed by atoms with Crippen molar-refractivity contribution in [3.8, 4) is 0 Å². The van der Waals surface area contributed by atoms with Crippen molar-refractivity contribution in [2.24, 2.45) is 9.98 Å². The van der Waals surface area contributed by atoms with Crippen LogP contribution in [0.5, 0.6) is 0 Å². The zero-order valence-electron chi connectivity index (χ0n) is 13.4. The van der Waals surface area contributed by atoms with E-state index in [4.69, 9.17) is 0 Å². The van der Waals surface area contributed by atoms with Gasteiger partial charge in [-0.1, -0.05) is 13.8 Å². The van der Waals surface area contributed by atoms with Gasteiger partial charge >= 0.3 is 0 Å². The first-order valence-corrected chi connectivity index (χ1v) is 8.05. The maximum atomic E-state index is 4.38. The second kappa shape index (κ2) is 9.28. The van der Waals surface area contributed by atoms with Crippen LogP contribution < -0.4 is 5.32 Å². The minimum atomic E-state index is 0.669. The summed E-state index contributed by atoms with van der Waals surface area (Å²) in [5.41, 5.74) is 0. The maximum absolute atomic E-state index is 4.38. The molecular formula is C15H25N5S. The van der Waals surface area contributed by atoms with Crippen LogP contribution in [0.2, 0.25) is 0 Å². The van der Waals surface area contributed by atoms with Gasteiger partial charge in [0, 0.05) is 37.3 Å². The van der Waals surface area contributed by atoms with E-state index < -0.39 is 0 Å². The molecule has 21 heavy (non-hydrogen) atoms. The molecule has 116 valence electrons. The SMILES string of the molecule is C=N/C(=C\C(=NC)N(CCC)CCC)Nc1ncc(C)s1. The first-order chi connectivity index (χ1) is 10.1. The molecule has 0 radical (unpaired) electrons. The van der Waals surface area contributed by atoms with E-state index in [9.17, 15) is 0 Å². The van der Waals surface area contributed by atoms with E-state index >= 15 is 0 Å². The zero-order chi connectivity index (χ0) is 15.7. The quantitative estimate of drug-likeness (QED) is 0.590. The summed E-state index contributed by atoms with van der Waals surface area (Å²) in [6.45, 7) is 12.0.